The lowest BCUT2D eigenvalue weighted by Crippen LogP contribution is -2.62. The van der Waals surface area contributed by atoms with Gasteiger partial charge in [0.05, 0.1) is 5.54 Å². The van der Waals surface area contributed by atoms with Crippen LogP contribution in [0.3, 0.4) is 0 Å². The van der Waals surface area contributed by atoms with Gasteiger partial charge in [-0.25, -0.2) is 0 Å². The average molecular weight is 361 g/mol. The molecule has 4 N–H and O–H groups in total. The first-order valence-electron chi connectivity index (χ1n) is 9.33. The third-order valence-corrected chi connectivity index (χ3v) is 4.18. The molecule has 0 radical (unpaired) electrons. The zero-order chi connectivity index (χ0) is 19.4. The van der Waals surface area contributed by atoms with Gasteiger partial charge in [-0.05, 0) is 50.9 Å². The minimum atomic E-state index is -0.455. The number of carbonyl (C=O) groups excluding carboxylic acids is 2. The molecule has 1 aliphatic heterocycles. The van der Waals surface area contributed by atoms with E-state index in [9.17, 15) is 9.59 Å². The number of allylic oxidation sites excluding steroid dienone is 2. The fourth-order valence-corrected chi connectivity index (χ4v) is 3.05. The maximum atomic E-state index is 12.7. The summed E-state index contributed by atoms with van der Waals surface area (Å²) in [5.41, 5.74) is 1.94. The first-order valence-corrected chi connectivity index (χ1v) is 9.33. The van der Waals surface area contributed by atoms with Crippen LogP contribution in [0.15, 0.2) is 18.2 Å². The second kappa shape index (κ2) is 11.3. The van der Waals surface area contributed by atoms with Crippen LogP contribution >= 0.6 is 0 Å². The number of amides is 2. The smallest absolute Gasteiger partial charge is 0.268 e. The summed E-state index contributed by atoms with van der Waals surface area (Å²) in [6.07, 6.45) is 10.2. The van der Waals surface area contributed by atoms with Gasteiger partial charge in [-0.2, -0.15) is 0 Å². The molecule has 1 aliphatic rings. The molecule has 2 amide bonds. The highest BCUT2D eigenvalue weighted by Gasteiger charge is 2.34. The monoisotopic (exact) mass is 360 g/mol. The summed E-state index contributed by atoms with van der Waals surface area (Å²) in [5, 5.41) is 9.11. The Balaban J connectivity index is 0.00000163. The molecule has 1 unspecified atom stereocenters. The predicted octanol–water partition coefficient (Wildman–Crippen LogP) is 2.71. The van der Waals surface area contributed by atoms with Crippen LogP contribution < -0.4 is 16.0 Å². The summed E-state index contributed by atoms with van der Waals surface area (Å²) in [4.78, 5) is 26.6. The van der Waals surface area contributed by atoms with E-state index in [2.05, 4.69) is 20.9 Å². The summed E-state index contributed by atoms with van der Waals surface area (Å²) < 4.78 is 0. The van der Waals surface area contributed by atoms with Gasteiger partial charge in [-0.3, -0.25) is 9.59 Å². The van der Waals surface area contributed by atoms with Crippen molar-refractivity contribution in [1.29, 1.82) is 0 Å². The van der Waals surface area contributed by atoms with Gasteiger partial charge in [0.2, 0.25) is 6.41 Å². The lowest BCUT2D eigenvalue weighted by atomic mass is 9.89. The van der Waals surface area contributed by atoms with Crippen molar-refractivity contribution in [2.45, 2.75) is 46.1 Å². The van der Waals surface area contributed by atoms with Crippen molar-refractivity contribution in [2.75, 3.05) is 19.6 Å². The number of hydrogen-bond acceptors (Lipinski definition) is 3. The minimum Gasteiger partial charge on any atom is -0.356 e. The fourth-order valence-electron chi connectivity index (χ4n) is 3.05. The van der Waals surface area contributed by atoms with Gasteiger partial charge in [-0.1, -0.05) is 32.1 Å². The molecule has 2 heterocycles. The average Bonchev–Trinajstić information content (AvgIpc) is 3.06. The van der Waals surface area contributed by atoms with Crippen LogP contribution in [0.1, 0.15) is 62.3 Å². The molecule has 6 heteroatoms. The van der Waals surface area contributed by atoms with E-state index in [1.165, 1.54) is 0 Å². The summed E-state index contributed by atoms with van der Waals surface area (Å²) >= 11 is 0. The van der Waals surface area contributed by atoms with E-state index in [-0.39, 0.29) is 5.91 Å². The maximum absolute atomic E-state index is 12.7. The maximum Gasteiger partial charge on any atom is 0.268 e. The minimum absolute atomic E-state index is 0.159. The predicted molar refractivity (Wildman–Crippen MR) is 108 cm³/mol. The highest BCUT2D eigenvalue weighted by Crippen LogP contribution is 2.19. The first-order chi connectivity index (χ1) is 12.6. The second-order valence-corrected chi connectivity index (χ2v) is 6.07. The molecule has 6 nitrogen and oxygen atoms in total. The van der Waals surface area contributed by atoms with E-state index in [4.69, 9.17) is 0 Å². The standard InChI is InChI=1S/C18H26N4O2.C2H6/c1-3-6-14-10-16(21-15(14)7-4-2)17(24)22-18(12-20-13-23)8-5-9-19-11-18;1-2/h3-4,6-7,10,13,19,21H,5,8-9,11-12H2,1-2H3,(H,20,23)(H,22,24);1-2H3/b6-3-,7-4-;. The number of nitrogens with one attached hydrogen (secondary N) is 4. The first kappa shape index (κ1) is 21.7. The number of aromatic nitrogens is 1. The molecular formula is C20H32N4O2. The third-order valence-electron chi connectivity index (χ3n) is 4.18. The molecular weight excluding hydrogens is 328 g/mol. The number of aromatic amines is 1. The molecule has 1 aromatic rings. The van der Waals surface area contributed by atoms with Gasteiger partial charge < -0.3 is 20.9 Å². The van der Waals surface area contributed by atoms with E-state index in [0.717, 1.165) is 30.6 Å². The number of H-pyrrole nitrogens is 1. The highest BCUT2D eigenvalue weighted by atomic mass is 16.2. The van der Waals surface area contributed by atoms with Gasteiger partial charge in [0.15, 0.2) is 0 Å². The van der Waals surface area contributed by atoms with Crippen molar-refractivity contribution in [2.24, 2.45) is 0 Å². The Kier molecular flexibility index (Phi) is 9.44. The van der Waals surface area contributed by atoms with Crippen molar-refractivity contribution in [1.82, 2.24) is 20.9 Å². The normalized spacial score (nSPS) is 19.8. The molecule has 0 saturated carbocycles. The molecule has 0 spiro atoms. The van der Waals surface area contributed by atoms with Crippen LogP contribution in [-0.2, 0) is 4.79 Å². The molecule has 0 aliphatic carbocycles. The number of hydrogen-bond donors (Lipinski definition) is 4. The largest absolute Gasteiger partial charge is 0.356 e. The Labute approximate surface area is 156 Å². The van der Waals surface area contributed by atoms with Crippen molar-refractivity contribution >= 4 is 24.5 Å². The Hall–Kier alpha value is -2.34. The molecule has 144 valence electrons. The quantitative estimate of drug-likeness (QED) is 0.564. The highest BCUT2D eigenvalue weighted by molar-refractivity contribution is 5.94. The third kappa shape index (κ3) is 5.88. The molecule has 0 aromatic carbocycles. The fraction of sp³-hybridized carbons (Fsp3) is 0.500. The van der Waals surface area contributed by atoms with Crippen molar-refractivity contribution in [3.05, 3.63) is 35.2 Å². The van der Waals surface area contributed by atoms with Crippen LogP contribution in [0.2, 0.25) is 0 Å². The molecule has 0 bridgehead atoms. The Morgan fingerprint density at radius 2 is 2.00 bits per heavy atom. The van der Waals surface area contributed by atoms with E-state index in [0.29, 0.717) is 25.2 Å². The van der Waals surface area contributed by atoms with Crippen LogP contribution in [0, 0.1) is 0 Å². The molecule has 26 heavy (non-hydrogen) atoms. The topological polar surface area (TPSA) is 86.0 Å². The Morgan fingerprint density at radius 3 is 2.58 bits per heavy atom. The van der Waals surface area contributed by atoms with Crippen LogP contribution in [0.5, 0.6) is 0 Å². The summed E-state index contributed by atoms with van der Waals surface area (Å²) in [6.45, 7) is 9.87. The van der Waals surface area contributed by atoms with Gasteiger partial charge in [0.1, 0.15) is 5.69 Å². The lowest BCUT2D eigenvalue weighted by Gasteiger charge is -2.38. The summed E-state index contributed by atoms with van der Waals surface area (Å²) in [6, 6.07) is 1.85. The zero-order valence-corrected chi connectivity index (χ0v) is 16.3. The van der Waals surface area contributed by atoms with Crippen molar-refractivity contribution in [3.8, 4) is 0 Å². The van der Waals surface area contributed by atoms with Crippen molar-refractivity contribution in [3.63, 3.8) is 0 Å². The van der Waals surface area contributed by atoms with E-state index < -0.39 is 5.54 Å². The van der Waals surface area contributed by atoms with Gasteiger partial charge in [0.25, 0.3) is 5.91 Å². The van der Waals surface area contributed by atoms with Gasteiger partial charge in [-0.15, -0.1) is 0 Å². The van der Waals surface area contributed by atoms with E-state index in [1.54, 1.807) is 0 Å². The van der Waals surface area contributed by atoms with Crippen LogP contribution in [-0.4, -0.2) is 42.5 Å². The molecule has 1 saturated heterocycles. The Bertz CT molecular complexity index is 596. The number of piperidine rings is 1. The molecule has 1 aromatic heterocycles. The van der Waals surface area contributed by atoms with E-state index >= 15 is 0 Å². The lowest BCUT2D eigenvalue weighted by molar-refractivity contribution is -0.109. The van der Waals surface area contributed by atoms with Gasteiger partial charge >= 0.3 is 0 Å². The van der Waals surface area contributed by atoms with Crippen molar-refractivity contribution < 1.29 is 9.59 Å². The molecule has 1 atom stereocenters. The van der Waals surface area contributed by atoms with Crippen LogP contribution in [0.4, 0.5) is 0 Å². The summed E-state index contributed by atoms with van der Waals surface area (Å²) in [7, 11) is 0. The second-order valence-electron chi connectivity index (χ2n) is 6.07. The molecule has 1 fully saturated rings. The molecule has 2 rings (SSSR count). The SMILES string of the molecule is C/C=C\c1cc(C(=O)NC2(CNC=O)CCCNC2)[nH]c1/C=C\C.CC. The Morgan fingerprint density at radius 1 is 1.27 bits per heavy atom. The van der Waals surface area contributed by atoms with Crippen LogP contribution in [0.25, 0.3) is 12.2 Å². The number of rotatable bonds is 7. The number of carbonyl (C=O) groups is 2. The summed E-state index contributed by atoms with van der Waals surface area (Å²) in [5.74, 6) is -0.159. The van der Waals surface area contributed by atoms with E-state index in [1.807, 2.05) is 58.1 Å². The zero-order valence-electron chi connectivity index (χ0n) is 16.3. The van der Waals surface area contributed by atoms with Gasteiger partial charge in [0, 0.05) is 18.8 Å².